The Hall–Kier alpha value is -3.76. The van der Waals surface area contributed by atoms with Gasteiger partial charge in [-0.3, -0.25) is 0 Å². The molecule has 0 fully saturated rings. The number of halogens is 2. The summed E-state index contributed by atoms with van der Waals surface area (Å²) in [5, 5.41) is 18.0. The highest BCUT2D eigenvalue weighted by Crippen LogP contribution is 2.25. The number of ether oxygens (including phenoxy) is 2. The zero-order valence-corrected chi connectivity index (χ0v) is 17.3. The van der Waals surface area contributed by atoms with Gasteiger partial charge in [0.15, 0.2) is 23.2 Å². The second-order valence-electron chi connectivity index (χ2n) is 6.53. The van der Waals surface area contributed by atoms with E-state index in [2.05, 4.69) is 32.5 Å². The van der Waals surface area contributed by atoms with Crippen LogP contribution < -0.4 is 20.7 Å². The van der Waals surface area contributed by atoms with Crippen LogP contribution in [0.1, 0.15) is 0 Å². The van der Waals surface area contributed by atoms with Crippen molar-refractivity contribution in [1.82, 2.24) is 9.97 Å². The summed E-state index contributed by atoms with van der Waals surface area (Å²) in [4.78, 5) is 8.00. The molecule has 0 aliphatic carbocycles. The molecular formula is C22H23F2N5O3. The predicted octanol–water partition coefficient (Wildman–Crippen LogP) is 4.18. The summed E-state index contributed by atoms with van der Waals surface area (Å²) in [6.45, 7) is 4.05. The average Bonchev–Trinajstić information content (AvgIpc) is 2.79. The first-order valence-corrected chi connectivity index (χ1v) is 9.63. The molecule has 10 heteroatoms. The van der Waals surface area contributed by atoms with E-state index in [0.717, 1.165) is 6.20 Å². The third-order valence-corrected chi connectivity index (χ3v) is 4.16. The van der Waals surface area contributed by atoms with Gasteiger partial charge >= 0.3 is 0 Å². The quantitative estimate of drug-likeness (QED) is 0.199. The van der Waals surface area contributed by atoms with Crippen molar-refractivity contribution >= 4 is 28.8 Å². The fraction of sp³-hybridized carbons (Fsp3) is 0.182. The molecule has 8 nitrogen and oxygen atoms in total. The normalized spacial score (nSPS) is 11.5. The molecule has 3 aromatic rings. The third kappa shape index (κ3) is 6.37. The molecule has 1 unspecified atom stereocenters. The number of aliphatic hydroxyl groups excluding tert-OH is 1. The van der Waals surface area contributed by atoms with E-state index in [4.69, 9.17) is 9.47 Å². The highest BCUT2D eigenvalue weighted by molar-refractivity contribution is 5.62. The minimum Gasteiger partial charge on any atom is -0.488 e. The minimum absolute atomic E-state index is 0.0608. The van der Waals surface area contributed by atoms with Crippen LogP contribution in [0.25, 0.3) is 0 Å². The maximum Gasteiger partial charge on any atom is 0.229 e. The van der Waals surface area contributed by atoms with Gasteiger partial charge in [-0.2, -0.15) is 4.98 Å². The van der Waals surface area contributed by atoms with Crippen LogP contribution >= 0.6 is 0 Å². The highest BCUT2D eigenvalue weighted by Gasteiger charge is 2.10. The van der Waals surface area contributed by atoms with E-state index in [1.807, 2.05) is 0 Å². The van der Waals surface area contributed by atoms with Crippen molar-refractivity contribution in [3.8, 4) is 5.75 Å². The lowest BCUT2D eigenvalue weighted by Gasteiger charge is -2.12. The van der Waals surface area contributed by atoms with Gasteiger partial charge in [0.2, 0.25) is 5.95 Å². The van der Waals surface area contributed by atoms with E-state index >= 15 is 0 Å². The van der Waals surface area contributed by atoms with Crippen molar-refractivity contribution in [3.63, 3.8) is 0 Å². The summed E-state index contributed by atoms with van der Waals surface area (Å²) in [6.07, 6.45) is 1.48. The van der Waals surface area contributed by atoms with Crippen LogP contribution in [-0.4, -0.2) is 41.6 Å². The number of methoxy groups -OCH3 is 1. The number of hydrogen-bond acceptors (Lipinski definition) is 8. The van der Waals surface area contributed by atoms with Gasteiger partial charge in [-0.1, -0.05) is 6.58 Å². The van der Waals surface area contributed by atoms with Crippen molar-refractivity contribution in [3.05, 3.63) is 73.0 Å². The molecule has 3 rings (SSSR count). The van der Waals surface area contributed by atoms with Crippen molar-refractivity contribution in [2.24, 2.45) is 0 Å². The lowest BCUT2D eigenvalue weighted by atomic mass is 10.2. The van der Waals surface area contributed by atoms with Gasteiger partial charge in [-0.05, 0) is 42.5 Å². The van der Waals surface area contributed by atoms with Crippen LogP contribution in [0.4, 0.5) is 37.6 Å². The molecule has 0 spiro atoms. The second-order valence-corrected chi connectivity index (χ2v) is 6.53. The van der Waals surface area contributed by atoms with Crippen molar-refractivity contribution < 1.29 is 23.4 Å². The molecule has 168 valence electrons. The first-order valence-electron chi connectivity index (χ1n) is 9.63. The molecular weight excluding hydrogens is 420 g/mol. The van der Waals surface area contributed by atoms with Crippen LogP contribution in [0.3, 0.4) is 0 Å². The van der Waals surface area contributed by atoms with Gasteiger partial charge in [0.05, 0.1) is 12.8 Å². The smallest absolute Gasteiger partial charge is 0.229 e. The number of hydrogen-bond donors (Lipinski definition) is 4. The van der Waals surface area contributed by atoms with Crippen molar-refractivity contribution in [2.75, 3.05) is 36.3 Å². The summed E-state index contributed by atoms with van der Waals surface area (Å²) in [6, 6.07) is 11.1. The predicted molar refractivity (Wildman–Crippen MR) is 119 cm³/mol. The maximum atomic E-state index is 14.2. The van der Waals surface area contributed by atoms with Crippen molar-refractivity contribution in [2.45, 2.75) is 6.23 Å². The number of aromatic nitrogens is 2. The standard InChI is InChI=1S/C22H23F2N5O3/c1-3-20(30)26-14-4-6-15(7-5-14)27-21-18(24)13-25-22(29-21)28-16-8-9-19(17(23)12-16)32-11-10-31-2/h3-9,12-13,20,26,30H,1,10-11H2,2H3,(H2,25,27,28,29). The van der Waals surface area contributed by atoms with E-state index in [0.29, 0.717) is 23.7 Å². The van der Waals surface area contributed by atoms with Gasteiger partial charge in [-0.15, -0.1) is 0 Å². The largest absolute Gasteiger partial charge is 0.488 e. The Bertz CT molecular complexity index is 1050. The van der Waals surface area contributed by atoms with Crippen LogP contribution in [0, 0.1) is 11.6 Å². The van der Waals surface area contributed by atoms with E-state index in [9.17, 15) is 13.9 Å². The number of nitrogens with zero attached hydrogens (tertiary/aromatic N) is 2. The van der Waals surface area contributed by atoms with Gasteiger partial charge in [-0.25, -0.2) is 13.8 Å². The average molecular weight is 443 g/mol. The van der Waals surface area contributed by atoms with Crippen LogP contribution in [0.5, 0.6) is 5.75 Å². The molecule has 0 radical (unpaired) electrons. The maximum absolute atomic E-state index is 14.2. The lowest BCUT2D eigenvalue weighted by molar-refractivity contribution is 0.144. The molecule has 0 amide bonds. The van der Waals surface area contributed by atoms with Gasteiger partial charge in [0.25, 0.3) is 0 Å². The Morgan fingerprint density at radius 3 is 2.44 bits per heavy atom. The molecule has 1 aromatic heterocycles. The SMILES string of the molecule is C=CC(O)Nc1ccc(Nc2nc(Nc3ccc(OCCOC)c(F)c3)ncc2F)cc1. The van der Waals surface area contributed by atoms with Crippen molar-refractivity contribution in [1.29, 1.82) is 0 Å². The molecule has 2 aromatic carbocycles. The number of benzene rings is 2. The van der Waals surface area contributed by atoms with Gasteiger partial charge in [0, 0.05) is 30.2 Å². The third-order valence-electron chi connectivity index (χ3n) is 4.16. The topological polar surface area (TPSA) is 101 Å². The molecule has 0 saturated carbocycles. The molecule has 32 heavy (non-hydrogen) atoms. The van der Waals surface area contributed by atoms with E-state index < -0.39 is 17.9 Å². The number of anilines is 5. The number of aliphatic hydroxyl groups is 1. The zero-order chi connectivity index (χ0) is 22.9. The van der Waals surface area contributed by atoms with Gasteiger partial charge in [0.1, 0.15) is 12.8 Å². The second kappa shape index (κ2) is 11.0. The number of rotatable bonds is 11. The Morgan fingerprint density at radius 1 is 1.03 bits per heavy atom. The monoisotopic (exact) mass is 443 g/mol. The molecule has 0 aliphatic rings. The molecule has 4 N–H and O–H groups in total. The first kappa shape index (κ1) is 22.9. The fourth-order valence-electron chi connectivity index (χ4n) is 2.59. The van der Waals surface area contributed by atoms with Gasteiger partial charge < -0.3 is 30.5 Å². The van der Waals surface area contributed by atoms with E-state index in [1.54, 1.807) is 30.3 Å². The molecule has 1 atom stereocenters. The molecule has 0 aliphatic heterocycles. The summed E-state index contributed by atoms with van der Waals surface area (Å²) in [5.74, 6) is -1.12. The lowest BCUT2D eigenvalue weighted by Crippen LogP contribution is -2.14. The number of nitrogens with one attached hydrogen (secondary N) is 3. The Morgan fingerprint density at radius 2 is 1.75 bits per heavy atom. The first-order chi connectivity index (χ1) is 15.5. The molecule has 0 saturated heterocycles. The zero-order valence-electron chi connectivity index (χ0n) is 17.3. The summed E-state index contributed by atoms with van der Waals surface area (Å²) < 4.78 is 38.5. The molecule has 1 heterocycles. The summed E-state index contributed by atoms with van der Waals surface area (Å²) >= 11 is 0. The van der Waals surface area contributed by atoms with Crippen LogP contribution in [-0.2, 0) is 4.74 Å². The Balaban J connectivity index is 1.68. The minimum atomic E-state index is -0.877. The van der Waals surface area contributed by atoms with E-state index in [1.165, 1.54) is 25.3 Å². The summed E-state index contributed by atoms with van der Waals surface area (Å²) in [5.41, 5.74) is 1.59. The highest BCUT2D eigenvalue weighted by atomic mass is 19.1. The van der Waals surface area contributed by atoms with E-state index in [-0.39, 0.29) is 24.1 Å². The molecule has 0 bridgehead atoms. The van der Waals surface area contributed by atoms with Crippen LogP contribution in [0.15, 0.2) is 61.3 Å². The van der Waals surface area contributed by atoms with Crippen LogP contribution in [0.2, 0.25) is 0 Å². The fourth-order valence-corrected chi connectivity index (χ4v) is 2.59. The Labute approximate surface area is 183 Å². The Kier molecular flexibility index (Phi) is 7.90. The summed E-state index contributed by atoms with van der Waals surface area (Å²) in [7, 11) is 1.53.